The van der Waals surface area contributed by atoms with Gasteiger partial charge in [-0.15, -0.1) is 0 Å². The van der Waals surface area contributed by atoms with Crippen LogP contribution in [0.5, 0.6) is 0 Å². The lowest BCUT2D eigenvalue weighted by molar-refractivity contribution is 1.24. The van der Waals surface area contributed by atoms with E-state index in [9.17, 15) is 0 Å². The average Bonchev–Trinajstić information content (AvgIpc) is 2.16. The highest BCUT2D eigenvalue weighted by atomic mass is 14.0. The smallest absolute Gasteiger partial charge is 0.0158 e. The lowest BCUT2D eigenvalue weighted by Crippen LogP contribution is -1.84. The summed E-state index contributed by atoms with van der Waals surface area (Å²) in [6.45, 7) is 9.88. The van der Waals surface area contributed by atoms with E-state index in [-0.39, 0.29) is 0 Å². The van der Waals surface area contributed by atoms with Gasteiger partial charge >= 0.3 is 0 Å². The standard InChI is InChI=1S/C12H14/c1-4-10(3)12-9-7-6-8-11(12)5-2/h5-9H,2-4H2,1H3. The molecular formula is C12H14. The highest BCUT2D eigenvalue weighted by molar-refractivity contribution is 5.72. The maximum atomic E-state index is 4.00. The normalized spacial score (nSPS) is 9.42. The van der Waals surface area contributed by atoms with Crippen LogP contribution in [-0.4, -0.2) is 0 Å². The summed E-state index contributed by atoms with van der Waals surface area (Å²) in [5.74, 6) is 0. The number of rotatable bonds is 3. The number of benzene rings is 1. The molecule has 1 aromatic carbocycles. The zero-order valence-electron chi connectivity index (χ0n) is 7.51. The Kier molecular flexibility index (Phi) is 2.87. The summed E-state index contributed by atoms with van der Waals surface area (Å²) in [6, 6.07) is 8.19. The quantitative estimate of drug-likeness (QED) is 0.628. The summed E-state index contributed by atoms with van der Waals surface area (Å²) in [6.07, 6.45) is 2.86. The molecule has 0 unspecified atom stereocenters. The molecule has 0 aliphatic rings. The highest BCUT2D eigenvalue weighted by Gasteiger charge is 1.99. The second kappa shape index (κ2) is 3.91. The molecule has 0 aromatic heterocycles. The van der Waals surface area contributed by atoms with E-state index in [2.05, 4.69) is 32.2 Å². The fraction of sp³-hybridized carbons (Fsp3) is 0.167. The first-order valence-electron chi connectivity index (χ1n) is 4.19. The zero-order valence-corrected chi connectivity index (χ0v) is 7.51. The third kappa shape index (κ3) is 1.65. The Morgan fingerprint density at radius 2 is 2.08 bits per heavy atom. The van der Waals surface area contributed by atoms with Gasteiger partial charge in [0.25, 0.3) is 0 Å². The van der Waals surface area contributed by atoms with Gasteiger partial charge in [0, 0.05) is 0 Å². The number of hydrogen-bond donors (Lipinski definition) is 0. The zero-order chi connectivity index (χ0) is 8.97. The number of allylic oxidation sites excluding steroid dienone is 1. The van der Waals surface area contributed by atoms with Crippen molar-refractivity contribution in [3.63, 3.8) is 0 Å². The van der Waals surface area contributed by atoms with Crippen molar-refractivity contribution in [3.8, 4) is 0 Å². The van der Waals surface area contributed by atoms with Crippen molar-refractivity contribution in [2.75, 3.05) is 0 Å². The first-order chi connectivity index (χ1) is 5.79. The molecule has 0 aliphatic carbocycles. The molecule has 0 spiro atoms. The summed E-state index contributed by atoms with van der Waals surface area (Å²) in [5, 5.41) is 0. The SMILES string of the molecule is C=Cc1ccccc1C(=C)CC. The Bertz CT molecular complexity index is 295. The Morgan fingerprint density at radius 3 is 2.67 bits per heavy atom. The monoisotopic (exact) mass is 158 g/mol. The Labute approximate surface area is 74.2 Å². The van der Waals surface area contributed by atoms with Crippen LogP contribution in [0.3, 0.4) is 0 Å². The molecule has 62 valence electrons. The first-order valence-corrected chi connectivity index (χ1v) is 4.19. The van der Waals surface area contributed by atoms with E-state index in [1.807, 2.05) is 18.2 Å². The predicted molar refractivity (Wildman–Crippen MR) is 55.9 cm³/mol. The molecular weight excluding hydrogens is 144 g/mol. The van der Waals surface area contributed by atoms with Gasteiger partial charge in [0.1, 0.15) is 0 Å². The second-order valence-electron chi connectivity index (χ2n) is 2.75. The highest BCUT2D eigenvalue weighted by Crippen LogP contribution is 2.20. The van der Waals surface area contributed by atoms with E-state index in [4.69, 9.17) is 0 Å². The van der Waals surface area contributed by atoms with Crippen LogP contribution in [0.1, 0.15) is 24.5 Å². The van der Waals surface area contributed by atoms with Gasteiger partial charge in [0.2, 0.25) is 0 Å². The summed E-state index contributed by atoms with van der Waals surface area (Å²) < 4.78 is 0. The van der Waals surface area contributed by atoms with Crippen LogP contribution < -0.4 is 0 Å². The minimum atomic E-state index is 0.991. The van der Waals surface area contributed by atoms with Gasteiger partial charge in [0.05, 0.1) is 0 Å². The van der Waals surface area contributed by atoms with Crippen LogP contribution in [0.2, 0.25) is 0 Å². The molecule has 0 heterocycles. The van der Waals surface area contributed by atoms with Gasteiger partial charge in [-0.3, -0.25) is 0 Å². The van der Waals surface area contributed by atoms with Crippen LogP contribution in [-0.2, 0) is 0 Å². The summed E-state index contributed by atoms with van der Waals surface area (Å²) in [4.78, 5) is 0. The summed E-state index contributed by atoms with van der Waals surface area (Å²) in [5.41, 5.74) is 3.56. The van der Waals surface area contributed by atoms with E-state index >= 15 is 0 Å². The topological polar surface area (TPSA) is 0 Å². The molecule has 0 saturated carbocycles. The van der Waals surface area contributed by atoms with Crippen molar-refractivity contribution < 1.29 is 0 Å². The van der Waals surface area contributed by atoms with Crippen molar-refractivity contribution >= 4 is 11.6 Å². The van der Waals surface area contributed by atoms with Crippen LogP contribution in [0, 0.1) is 0 Å². The van der Waals surface area contributed by atoms with Crippen LogP contribution >= 0.6 is 0 Å². The third-order valence-corrected chi connectivity index (χ3v) is 1.99. The molecule has 0 amide bonds. The van der Waals surface area contributed by atoms with Crippen molar-refractivity contribution in [2.24, 2.45) is 0 Å². The first kappa shape index (κ1) is 8.79. The van der Waals surface area contributed by atoms with Crippen LogP contribution in [0.25, 0.3) is 11.6 Å². The molecule has 0 N–H and O–H groups in total. The van der Waals surface area contributed by atoms with E-state index in [0.717, 1.165) is 6.42 Å². The van der Waals surface area contributed by atoms with Gasteiger partial charge in [-0.1, -0.05) is 50.4 Å². The van der Waals surface area contributed by atoms with E-state index < -0.39 is 0 Å². The fourth-order valence-corrected chi connectivity index (χ4v) is 1.19. The van der Waals surface area contributed by atoms with Crippen LogP contribution in [0.4, 0.5) is 0 Å². The molecule has 0 fully saturated rings. The molecule has 1 rings (SSSR count). The van der Waals surface area contributed by atoms with Gasteiger partial charge in [-0.2, -0.15) is 0 Å². The minimum absolute atomic E-state index is 0.991. The Balaban J connectivity index is 3.13. The maximum absolute atomic E-state index is 4.00. The predicted octanol–water partition coefficient (Wildman–Crippen LogP) is 3.75. The molecule has 1 aromatic rings. The molecule has 0 aliphatic heterocycles. The molecule has 0 saturated heterocycles. The molecule has 12 heavy (non-hydrogen) atoms. The molecule has 0 radical (unpaired) electrons. The summed E-state index contributed by atoms with van der Waals surface area (Å²) in [7, 11) is 0. The van der Waals surface area contributed by atoms with E-state index in [0.29, 0.717) is 0 Å². The molecule has 0 heteroatoms. The van der Waals surface area contributed by atoms with Crippen molar-refractivity contribution in [1.29, 1.82) is 0 Å². The van der Waals surface area contributed by atoms with Gasteiger partial charge in [0.15, 0.2) is 0 Å². The largest absolute Gasteiger partial charge is 0.0984 e. The van der Waals surface area contributed by atoms with Gasteiger partial charge < -0.3 is 0 Å². The van der Waals surface area contributed by atoms with Crippen molar-refractivity contribution in [1.82, 2.24) is 0 Å². The average molecular weight is 158 g/mol. The molecule has 0 nitrogen and oxygen atoms in total. The van der Waals surface area contributed by atoms with Crippen molar-refractivity contribution in [2.45, 2.75) is 13.3 Å². The lowest BCUT2D eigenvalue weighted by Gasteiger charge is -2.06. The fourth-order valence-electron chi connectivity index (χ4n) is 1.19. The maximum Gasteiger partial charge on any atom is -0.0158 e. The molecule has 0 bridgehead atoms. The Morgan fingerprint density at radius 1 is 1.42 bits per heavy atom. The number of hydrogen-bond acceptors (Lipinski definition) is 0. The Hall–Kier alpha value is -1.30. The van der Waals surface area contributed by atoms with E-state index in [1.54, 1.807) is 0 Å². The molecule has 0 atom stereocenters. The van der Waals surface area contributed by atoms with Gasteiger partial charge in [-0.05, 0) is 23.1 Å². The third-order valence-electron chi connectivity index (χ3n) is 1.99. The minimum Gasteiger partial charge on any atom is -0.0984 e. The van der Waals surface area contributed by atoms with E-state index in [1.165, 1.54) is 16.7 Å². The summed E-state index contributed by atoms with van der Waals surface area (Å²) >= 11 is 0. The van der Waals surface area contributed by atoms with Crippen molar-refractivity contribution in [3.05, 3.63) is 48.6 Å². The van der Waals surface area contributed by atoms with Crippen LogP contribution in [0.15, 0.2) is 37.4 Å². The lowest BCUT2D eigenvalue weighted by atomic mass is 9.99. The van der Waals surface area contributed by atoms with Gasteiger partial charge in [-0.25, -0.2) is 0 Å². The second-order valence-corrected chi connectivity index (χ2v) is 2.75.